The molecule has 5 heteroatoms. The number of carbonyl (C=O) groups is 1. The van der Waals surface area contributed by atoms with Crippen LogP contribution in [0, 0.1) is 5.92 Å². The van der Waals surface area contributed by atoms with E-state index < -0.39 is 5.60 Å². The lowest BCUT2D eigenvalue weighted by molar-refractivity contribution is 0.0519. The summed E-state index contributed by atoms with van der Waals surface area (Å²) in [6, 6.07) is 8.41. The largest absolute Gasteiger partial charge is 0.444 e. The molecule has 1 aromatic carbocycles. The van der Waals surface area contributed by atoms with Crippen LogP contribution in [0.25, 0.3) is 0 Å². The Morgan fingerprint density at radius 3 is 2.62 bits per heavy atom. The van der Waals surface area contributed by atoms with Crippen LogP contribution in [0.15, 0.2) is 28.7 Å². The average Bonchev–Trinajstić information content (AvgIpc) is 2.83. The Balaban J connectivity index is 1.90. The van der Waals surface area contributed by atoms with Crippen LogP contribution in [0.3, 0.4) is 0 Å². The molecule has 1 fully saturated rings. The van der Waals surface area contributed by atoms with E-state index in [1.54, 1.807) is 0 Å². The Bertz CT molecular complexity index is 482. The van der Waals surface area contributed by atoms with Gasteiger partial charge in [0.15, 0.2) is 0 Å². The first-order valence-corrected chi connectivity index (χ1v) is 8.07. The first kappa shape index (κ1) is 16.3. The summed E-state index contributed by atoms with van der Waals surface area (Å²) in [6.07, 6.45) is -0.344. The molecule has 0 saturated carbocycles. The van der Waals surface area contributed by atoms with Gasteiger partial charge in [-0.2, -0.15) is 0 Å². The quantitative estimate of drug-likeness (QED) is 0.875. The average molecular weight is 355 g/mol. The first-order valence-electron chi connectivity index (χ1n) is 7.28. The lowest BCUT2D eigenvalue weighted by Gasteiger charge is -2.22. The normalized spacial score (nSPS) is 22.1. The maximum atomic E-state index is 11.7. The van der Waals surface area contributed by atoms with Gasteiger partial charge >= 0.3 is 6.09 Å². The van der Waals surface area contributed by atoms with Crippen molar-refractivity contribution in [2.45, 2.75) is 32.3 Å². The van der Waals surface area contributed by atoms with E-state index in [0.717, 1.165) is 17.6 Å². The number of nitrogens with one attached hydrogen (secondary N) is 2. The number of ether oxygens (including phenoxy) is 1. The highest BCUT2D eigenvalue weighted by Crippen LogP contribution is 2.28. The molecule has 1 amide bonds. The van der Waals surface area contributed by atoms with Gasteiger partial charge in [-0.15, -0.1) is 0 Å². The standard InChI is InChI=1S/C16H23BrN2O2/c1-16(2,3)21-15(20)19-9-12-8-18-10-14(12)11-4-6-13(17)7-5-11/h4-7,12,14,18H,8-10H2,1-3H3,(H,19,20). The summed E-state index contributed by atoms with van der Waals surface area (Å²) in [5.41, 5.74) is 0.850. The highest BCUT2D eigenvalue weighted by Gasteiger charge is 2.29. The lowest BCUT2D eigenvalue weighted by atomic mass is 9.89. The molecule has 1 saturated heterocycles. The van der Waals surface area contributed by atoms with Crippen LogP contribution >= 0.6 is 15.9 Å². The van der Waals surface area contributed by atoms with Crippen molar-refractivity contribution >= 4 is 22.0 Å². The molecule has 0 radical (unpaired) electrons. The fourth-order valence-corrected chi connectivity index (χ4v) is 2.84. The number of rotatable bonds is 3. The van der Waals surface area contributed by atoms with E-state index in [4.69, 9.17) is 4.74 Å². The van der Waals surface area contributed by atoms with E-state index >= 15 is 0 Å². The predicted molar refractivity (Wildman–Crippen MR) is 87.5 cm³/mol. The van der Waals surface area contributed by atoms with Crippen molar-refractivity contribution in [1.82, 2.24) is 10.6 Å². The molecule has 0 aliphatic carbocycles. The molecule has 2 N–H and O–H groups in total. The van der Waals surface area contributed by atoms with E-state index in [1.807, 2.05) is 20.8 Å². The Morgan fingerprint density at radius 1 is 1.33 bits per heavy atom. The Labute approximate surface area is 134 Å². The van der Waals surface area contributed by atoms with Crippen LogP contribution in [-0.2, 0) is 4.74 Å². The monoisotopic (exact) mass is 354 g/mol. The highest BCUT2D eigenvalue weighted by molar-refractivity contribution is 9.10. The van der Waals surface area contributed by atoms with Crippen molar-refractivity contribution in [3.05, 3.63) is 34.3 Å². The van der Waals surface area contributed by atoms with Crippen LogP contribution < -0.4 is 10.6 Å². The number of benzene rings is 1. The van der Waals surface area contributed by atoms with Gasteiger partial charge in [0.1, 0.15) is 5.60 Å². The van der Waals surface area contributed by atoms with Crippen LogP contribution in [0.5, 0.6) is 0 Å². The van der Waals surface area contributed by atoms with E-state index in [9.17, 15) is 4.79 Å². The minimum absolute atomic E-state index is 0.344. The Morgan fingerprint density at radius 2 is 2.00 bits per heavy atom. The van der Waals surface area contributed by atoms with Crippen LogP contribution in [0.4, 0.5) is 4.79 Å². The molecule has 4 nitrogen and oxygen atoms in total. The molecule has 0 bridgehead atoms. The zero-order valence-corrected chi connectivity index (χ0v) is 14.4. The van der Waals surface area contributed by atoms with Gasteiger partial charge in [-0.05, 0) is 44.4 Å². The number of halogens is 1. The lowest BCUT2D eigenvalue weighted by Crippen LogP contribution is -2.36. The number of carbonyl (C=O) groups excluding carboxylic acids is 1. The maximum Gasteiger partial charge on any atom is 0.407 e. The van der Waals surface area contributed by atoms with Gasteiger partial charge in [-0.25, -0.2) is 4.79 Å². The van der Waals surface area contributed by atoms with E-state index in [2.05, 4.69) is 50.8 Å². The van der Waals surface area contributed by atoms with Gasteiger partial charge in [0.25, 0.3) is 0 Å². The van der Waals surface area contributed by atoms with Crippen molar-refractivity contribution in [2.75, 3.05) is 19.6 Å². The minimum atomic E-state index is -0.455. The number of hydrogen-bond acceptors (Lipinski definition) is 3. The van der Waals surface area contributed by atoms with Crippen molar-refractivity contribution in [1.29, 1.82) is 0 Å². The molecule has 1 heterocycles. The Hall–Kier alpha value is -1.07. The van der Waals surface area contributed by atoms with Crippen molar-refractivity contribution in [2.24, 2.45) is 5.92 Å². The minimum Gasteiger partial charge on any atom is -0.444 e. The molecule has 1 aromatic rings. The second-order valence-corrected chi connectivity index (χ2v) is 7.37. The highest BCUT2D eigenvalue weighted by atomic mass is 79.9. The maximum absolute atomic E-state index is 11.7. The number of hydrogen-bond donors (Lipinski definition) is 2. The summed E-state index contributed by atoms with van der Waals surface area (Å²) in [4.78, 5) is 11.7. The van der Waals surface area contributed by atoms with E-state index in [-0.39, 0.29) is 6.09 Å². The first-order chi connectivity index (χ1) is 9.85. The smallest absolute Gasteiger partial charge is 0.407 e. The second kappa shape index (κ2) is 6.79. The molecular weight excluding hydrogens is 332 g/mol. The molecule has 2 atom stereocenters. The fraction of sp³-hybridized carbons (Fsp3) is 0.562. The van der Waals surface area contributed by atoms with Crippen molar-refractivity contribution in [3.63, 3.8) is 0 Å². The molecule has 116 valence electrons. The third-order valence-corrected chi connectivity index (χ3v) is 4.07. The van der Waals surface area contributed by atoms with E-state index in [1.165, 1.54) is 5.56 Å². The summed E-state index contributed by atoms with van der Waals surface area (Å²) in [5.74, 6) is 0.812. The zero-order valence-electron chi connectivity index (χ0n) is 12.8. The van der Waals surface area contributed by atoms with Gasteiger partial charge in [0.05, 0.1) is 0 Å². The van der Waals surface area contributed by atoms with Gasteiger partial charge in [0, 0.05) is 30.0 Å². The molecule has 21 heavy (non-hydrogen) atoms. The zero-order chi connectivity index (χ0) is 15.5. The van der Waals surface area contributed by atoms with Crippen LogP contribution in [0.1, 0.15) is 32.3 Å². The molecule has 0 aromatic heterocycles. The van der Waals surface area contributed by atoms with Crippen LogP contribution in [0.2, 0.25) is 0 Å². The predicted octanol–water partition coefficient (Wildman–Crippen LogP) is 3.28. The van der Waals surface area contributed by atoms with Gasteiger partial charge in [-0.1, -0.05) is 28.1 Å². The van der Waals surface area contributed by atoms with Crippen molar-refractivity contribution < 1.29 is 9.53 Å². The topological polar surface area (TPSA) is 50.4 Å². The summed E-state index contributed by atoms with van der Waals surface area (Å²) in [7, 11) is 0. The summed E-state index contributed by atoms with van der Waals surface area (Å²) in [6.45, 7) is 8.10. The summed E-state index contributed by atoms with van der Waals surface area (Å²) >= 11 is 3.46. The van der Waals surface area contributed by atoms with Crippen LogP contribution in [-0.4, -0.2) is 31.3 Å². The second-order valence-electron chi connectivity index (χ2n) is 6.46. The molecule has 1 aliphatic rings. The summed E-state index contributed by atoms with van der Waals surface area (Å²) < 4.78 is 6.36. The molecule has 0 spiro atoms. The molecule has 1 aliphatic heterocycles. The van der Waals surface area contributed by atoms with Crippen molar-refractivity contribution in [3.8, 4) is 0 Å². The third-order valence-electron chi connectivity index (χ3n) is 3.55. The number of alkyl carbamates (subject to hydrolysis) is 1. The third kappa shape index (κ3) is 5.00. The van der Waals surface area contributed by atoms with Gasteiger partial charge in [-0.3, -0.25) is 0 Å². The fourth-order valence-electron chi connectivity index (χ4n) is 2.58. The SMILES string of the molecule is CC(C)(C)OC(=O)NCC1CNCC1c1ccc(Br)cc1. The van der Waals surface area contributed by atoms with E-state index in [0.29, 0.717) is 18.4 Å². The van der Waals surface area contributed by atoms with Gasteiger partial charge < -0.3 is 15.4 Å². The Kier molecular flexibility index (Phi) is 5.27. The summed E-state index contributed by atoms with van der Waals surface area (Å²) in [5, 5.41) is 6.29. The number of amides is 1. The van der Waals surface area contributed by atoms with Gasteiger partial charge in [0.2, 0.25) is 0 Å². The molecular formula is C16H23BrN2O2. The molecule has 2 unspecified atom stereocenters. The molecule has 2 rings (SSSR count).